The predicted octanol–water partition coefficient (Wildman–Crippen LogP) is 3.35. The van der Waals surface area contributed by atoms with Crippen LogP contribution in [0.5, 0.6) is 5.75 Å². The minimum atomic E-state index is 0.824. The maximum absolute atomic E-state index is 5.13. The van der Waals surface area contributed by atoms with Crippen molar-refractivity contribution in [1.82, 2.24) is 0 Å². The SMILES string of the molecule is CC1CCOC1.COc1cc(C)ccc1C. The normalized spacial score (nSPS) is 18.9. The van der Waals surface area contributed by atoms with Crippen LogP contribution in [0.1, 0.15) is 24.5 Å². The summed E-state index contributed by atoms with van der Waals surface area (Å²) in [5.74, 6) is 1.80. The number of ether oxygens (including phenoxy) is 2. The second-order valence-electron chi connectivity index (χ2n) is 4.44. The molecule has 2 heteroatoms. The molecule has 1 saturated heterocycles. The predicted molar refractivity (Wildman–Crippen MR) is 67.1 cm³/mol. The highest BCUT2D eigenvalue weighted by Crippen LogP contribution is 2.17. The molecule has 0 spiro atoms. The number of rotatable bonds is 1. The zero-order valence-electron chi connectivity index (χ0n) is 10.7. The van der Waals surface area contributed by atoms with Crippen LogP contribution in [0.25, 0.3) is 0 Å². The minimum absolute atomic E-state index is 0.824. The molecule has 1 unspecified atom stereocenters. The fraction of sp³-hybridized carbons (Fsp3) is 0.571. The van der Waals surface area contributed by atoms with Crippen LogP contribution in [0.15, 0.2) is 18.2 Å². The molecule has 0 aliphatic carbocycles. The Bertz CT molecular complexity index is 315. The Hall–Kier alpha value is -1.02. The molecule has 1 aromatic carbocycles. The number of methoxy groups -OCH3 is 1. The first kappa shape index (κ1) is 13.0. The summed E-state index contributed by atoms with van der Waals surface area (Å²) in [4.78, 5) is 0. The van der Waals surface area contributed by atoms with E-state index in [9.17, 15) is 0 Å². The van der Waals surface area contributed by atoms with Crippen LogP contribution in [0.4, 0.5) is 0 Å². The van der Waals surface area contributed by atoms with E-state index in [1.54, 1.807) is 7.11 Å². The topological polar surface area (TPSA) is 18.5 Å². The number of benzene rings is 1. The average molecular weight is 222 g/mol. The number of hydrogen-bond donors (Lipinski definition) is 0. The molecule has 1 heterocycles. The lowest BCUT2D eigenvalue weighted by Gasteiger charge is -2.03. The third-order valence-electron chi connectivity index (χ3n) is 2.72. The van der Waals surface area contributed by atoms with Crippen molar-refractivity contribution in [3.63, 3.8) is 0 Å². The summed E-state index contributed by atoms with van der Waals surface area (Å²) in [6, 6.07) is 6.18. The highest BCUT2D eigenvalue weighted by Gasteiger charge is 2.07. The van der Waals surface area contributed by atoms with Gasteiger partial charge >= 0.3 is 0 Å². The second kappa shape index (κ2) is 6.54. The average Bonchev–Trinajstić information content (AvgIpc) is 2.74. The van der Waals surface area contributed by atoms with E-state index in [2.05, 4.69) is 26.0 Å². The van der Waals surface area contributed by atoms with Gasteiger partial charge in [-0.25, -0.2) is 0 Å². The number of aryl methyl sites for hydroxylation is 2. The van der Waals surface area contributed by atoms with Crippen LogP contribution >= 0.6 is 0 Å². The highest BCUT2D eigenvalue weighted by atomic mass is 16.5. The Morgan fingerprint density at radius 3 is 2.44 bits per heavy atom. The first-order valence-electron chi connectivity index (χ1n) is 5.82. The third-order valence-corrected chi connectivity index (χ3v) is 2.72. The Balaban J connectivity index is 0.000000181. The Morgan fingerprint density at radius 1 is 1.31 bits per heavy atom. The minimum Gasteiger partial charge on any atom is -0.496 e. The first-order chi connectivity index (χ1) is 7.63. The lowest BCUT2D eigenvalue weighted by atomic mass is 10.1. The second-order valence-corrected chi connectivity index (χ2v) is 4.44. The van der Waals surface area contributed by atoms with Gasteiger partial charge in [-0.3, -0.25) is 0 Å². The Labute approximate surface area is 98.6 Å². The fourth-order valence-electron chi connectivity index (χ4n) is 1.58. The van der Waals surface area contributed by atoms with Gasteiger partial charge in [-0.1, -0.05) is 19.1 Å². The van der Waals surface area contributed by atoms with Crippen LogP contribution in [0.2, 0.25) is 0 Å². The molecule has 0 aromatic heterocycles. The lowest BCUT2D eigenvalue weighted by Crippen LogP contribution is -1.88. The monoisotopic (exact) mass is 222 g/mol. The molecule has 1 fully saturated rings. The largest absolute Gasteiger partial charge is 0.496 e. The van der Waals surface area contributed by atoms with Gasteiger partial charge in [0, 0.05) is 13.2 Å². The summed E-state index contributed by atoms with van der Waals surface area (Å²) in [5, 5.41) is 0. The van der Waals surface area contributed by atoms with Crippen LogP contribution in [-0.2, 0) is 4.74 Å². The Morgan fingerprint density at radius 2 is 2.06 bits per heavy atom. The number of hydrogen-bond acceptors (Lipinski definition) is 2. The van der Waals surface area contributed by atoms with E-state index in [4.69, 9.17) is 9.47 Å². The summed E-state index contributed by atoms with van der Waals surface area (Å²) in [6.07, 6.45) is 1.26. The lowest BCUT2D eigenvalue weighted by molar-refractivity contribution is 0.188. The van der Waals surface area contributed by atoms with E-state index in [1.807, 2.05) is 13.0 Å². The maximum atomic E-state index is 5.13. The summed E-state index contributed by atoms with van der Waals surface area (Å²) in [5.41, 5.74) is 2.43. The van der Waals surface area contributed by atoms with Crippen molar-refractivity contribution in [2.24, 2.45) is 5.92 Å². The van der Waals surface area contributed by atoms with Crippen LogP contribution < -0.4 is 4.74 Å². The molecule has 0 bridgehead atoms. The van der Waals surface area contributed by atoms with Crippen LogP contribution in [0, 0.1) is 19.8 Å². The molecule has 0 amide bonds. The van der Waals surface area contributed by atoms with E-state index >= 15 is 0 Å². The molecule has 0 N–H and O–H groups in total. The van der Waals surface area contributed by atoms with Gasteiger partial charge < -0.3 is 9.47 Å². The van der Waals surface area contributed by atoms with Crippen molar-refractivity contribution >= 4 is 0 Å². The molecule has 1 aliphatic heterocycles. The van der Waals surface area contributed by atoms with Crippen molar-refractivity contribution in [3.05, 3.63) is 29.3 Å². The van der Waals surface area contributed by atoms with Gasteiger partial charge in [0.1, 0.15) is 5.75 Å². The van der Waals surface area contributed by atoms with Gasteiger partial charge in [0.15, 0.2) is 0 Å². The van der Waals surface area contributed by atoms with E-state index in [0.29, 0.717) is 0 Å². The smallest absolute Gasteiger partial charge is 0.122 e. The maximum Gasteiger partial charge on any atom is 0.122 e. The molecule has 1 aliphatic rings. The molecule has 0 saturated carbocycles. The highest BCUT2D eigenvalue weighted by molar-refractivity contribution is 5.35. The van der Waals surface area contributed by atoms with E-state index in [0.717, 1.165) is 24.9 Å². The van der Waals surface area contributed by atoms with Gasteiger partial charge in [0.25, 0.3) is 0 Å². The summed E-state index contributed by atoms with van der Waals surface area (Å²) in [7, 11) is 1.70. The van der Waals surface area contributed by atoms with Gasteiger partial charge in [0.2, 0.25) is 0 Å². The summed E-state index contributed by atoms with van der Waals surface area (Å²) < 4.78 is 10.2. The van der Waals surface area contributed by atoms with E-state index in [-0.39, 0.29) is 0 Å². The van der Waals surface area contributed by atoms with Crippen molar-refractivity contribution in [2.75, 3.05) is 20.3 Å². The zero-order valence-corrected chi connectivity index (χ0v) is 10.7. The molecule has 2 rings (SSSR count). The van der Waals surface area contributed by atoms with Crippen molar-refractivity contribution in [1.29, 1.82) is 0 Å². The molecule has 16 heavy (non-hydrogen) atoms. The van der Waals surface area contributed by atoms with Crippen LogP contribution in [-0.4, -0.2) is 20.3 Å². The quantitative estimate of drug-likeness (QED) is 0.725. The Kier molecular flexibility index (Phi) is 5.33. The van der Waals surface area contributed by atoms with Gasteiger partial charge in [-0.05, 0) is 43.4 Å². The summed E-state index contributed by atoms with van der Waals surface area (Å²) >= 11 is 0. The van der Waals surface area contributed by atoms with Crippen LogP contribution in [0.3, 0.4) is 0 Å². The molecule has 1 aromatic rings. The molecular formula is C14H22O2. The molecular weight excluding hydrogens is 200 g/mol. The van der Waals surface area contributed by atoms with Crippen molar-refractivity contribution < 1.29 is 9.47 Å². The molecule has 90 valence electrons. The van der Waals surface area contributed by atoms with Gasteiger partial charge in [-0.2, -0.15) is 0 Å². The standard InChI is InChI=1S/C9H12O.C5H10O/c1-7-4-5-8(2)9(6-7)10-3;1-5-2-3-6-4-5/h4-6H,1-3H3;5H,2-4H2,1H3. The van der Waals surface area contributed by atoms with Gasteiger partial charge in [-0.15, -0.1) is 0 Å². The third kappa shape index (κ3) is 4.23. The van der Waals surface area contributed by atoms with E-state index < -0.39 is 0 Å². The zero-order chi connectivity index (χ0) is 12.0. The fourth-order valence-corrected chi connectivity index (χ4v) is 1.58. The van der Waals surface area contributed by atoms with Gasteiger partial charge in [0.05, 0.1) is 7.11 Å². The van der Waals surface area contributed by atoms with E-state index in [1.165, 1.54) is 17.5 Å². The summed E-state index contributed by atoms with van der Waals surface area (Å²) in [6.45, 7) is 8.29. The van der Waals surface area contributed by atoms with Crippen molar-refractivity contribution in [2.45, 2.75) is 27.2 Å². The molecule has 1 atom stereocenters. The molecule has 2 nitrogen and oxygen atoms in total. The van der Waals surface area contributed by atoms with Crippen molar-refractivity contribution in [3.8, 4) is 5.75 Å². The molecule has 0 radical (unpaired) electrons. The first-order valence-corrected chi connectivity index (χ1v) is 5.82.